The van der Waals surface area contributed by atoms with E-state index in [4.69, 9.17) is 15.0 Å². The van der Waals surface area contributed by atoms with Crippen LogP contribution in [0.5, 0.6) is 0 Å². The summed E-state index contributed by atoms with van der Waals surface area (Å²) in [6.07, 6.45) is 11.7. The molecule has 0 atom stereocenters. The molecule has 1 fully saturated rings. The summed E-state index contributed by atoms with van der Waals surface area (Å²) < 4.78 is 5.39. The van der Waals surface area contributed by atoms with E-state index in [2.05, 4.69) is 31.4 Å². The Morgan fingerprint density at radius 1 is 0.952 bits per heavy atom. The molecule has 1 aliphatic heterocycles. The van der Waals surface area contributed by atoms with Gasteiger partial charge in [-0.3, -0.25) is 18.7 Å². The molecule has 0 aliphatic carbocycles. The van der Waals surface area contributed by atoms with Crippen LogP contribution in [-0.2, 0) is 14.1 Å². The maximum absolute atomic E-state index is 12.7. The minimum Gasteiger partial charge on any atom is -0.359 e. The van der Waals surface area contributed by atoms with E-state index in [1.54, 1.807) is 35.8 Å². The van der Waals surface area contributed by atoms with Crippen LogP contribution in [0.2, 0.25) is 0 Å². The average Bonchev–Trinajstić information content (AvgIpc) is 3.59. The number of benzene rings is 1. The van der Waals surface area contributed by atoms with Crippen LogP contribution in [0.4, 0.5) is 5.82 Å². The van der Waals surface area contributed by atoms with E-state index in [1.165, 1.54) is 38.8 Å². The summed E-state index contributed by atoms with van der Waals surface area (Å²) >= 11 is 0. The molecule has 216 valence electrons. The van der Waals surface area contributed by atoms with Gasteiger partial charge in [0.1, 0.15) is 6.33 Å². The van der Waals surface area contributed by atoms with Crippen LogP contribution < -0.4 is 10.6 Å². The number of hydrogen-bond acceptors (Lipinski definition) is 7. The smallest absolute Gasteiger partial charge is 0.328 e. The summed E-state index contributed by atoms with van der Waals surface area (Å²) in [5.74, 6) is 1.52. The first-order valence-electron chi connectivity index (χ1n) is 14.8. The van der Waals surface area contributed by atoms with Gasteiger partial charge < -0.3 is 14.8 Å². The zero-order valence-electron chi connectivity index (χ0n) is 24.4. The highest BCUT2D eigenvalue weighted by Gasteiger charge is 2.23. The minimum absolute atomic E-state index is 0.0647. The number of pyridine rings is 1. The van der Waals surface area contributed by atoms with Gasteiger partial charge in [-0.1, -0.05) is 12.8 Å². The van der Waals surface area contributed by atoms with Crippen molar-refractivity contribution in [3.05, 3.63) is 59.5 Å². The highest BCUT2D eigenvalue weighted by molar-refractivity contribution is 5.95. The molecular weight excluding hydrogens is 528 g/mol. The molecular formula is C31H36N10O. The predicted molar refractivity (Wildman–Crippen MR) is 166 cm³/mol. The summed E-state index contributed by atoms with van der Waals surface area (Å²) in [6.45, 7) is 4.36. The molecule has 0 amide bonds. The zero-order chi connectivity index (χ0) is 28.8. The summed E-state index contributed by atoms with van der Waals surface area (Å²) in [4.78, 5) is 40.1. The van der Waals surface area contributed by atoms with Crippen molar-refractivity contribution in [3.63, 3.8) is 0 Å². The molecule has 0 unspecified atom stereocenters. The molecule has 0 bridgehead atoms. The van der Waals surface area contributed by atoms with Gasteiger partial charge in [-0.25, -0.2) is 19.7 Å². The molecule has 6 aromatic rings. The van der Waals surface area contributed by atoms with Crippen LogP contribution in [0.3, 0.4) is 0 Å². The normalized spacial score (nSPS) is 14.7. The fraction of sp³-hybridized carbons (Fsp3) is 0.387. The van der Waals surface area contributed by atoms with Crippen LogP contribution in [0, 0.1) is 0 Å². The van der Waals surface area contributed by atoms with E-state index in [9.17, 15) is 4.79 Å². The second-order valence-corrected chi connectivity index (χ2v) is 11.3. The molecule has 1 N–H and O–H groups in total. The third-order valence-electron chi connectivity index (χ3n) is 8.64. The van der Waals surface area contributed by atoms with Crippen LogP contribution in [0.1, 0.15) is 32.1 Å². The van der Waals surface area contributed by atoms with Gasteiger partial charge in [0.15, 0.2) is 22.8 Å². The van der Waals surface area contributed by atoms with Gasteiger partial charge in [-0.05, 0) is 69.2 Å². The van der Waals surface area contributed by atoms with E-state index in [-0.39, 0.29) is 5.69 Å². The number of nitrogens with zero attached hydrogens (tertiary/aromatic N) is 9. The Morgan fingerprint density at radius 3 is 2.60 bits per heavy atom. The molecule has 42 heavy (non-hydrogen) atoms. The SMILES string of the molecule is CN(CCCN1CCCCCC1)c1ncnc2c1nc(-c1c[nH]c3cccnc13)n2-c1ccc2c(c1)n(C)c(=O)n2C. The van der Waals surface area contributed by atoms with Crippen molar-refractivity contribution in [2.75, 3.05) is 38.1 Å². The highest BCUT2D eigenvalue weighted by atomic mass is 16.1. The number of aryl methyl sites for hydroxylation is 2. The number of H-pyrrole nitrogens is 1. The lowest BCUT2D eigenvalue weighted by molar-refractivity contribution is 0.283. The maximum atomic E-state index is 12.7. The fourth-order valence-electron chi connectivity index (χ4n) is 6.34. The standard InChI is InChI=1S/C31H36N10O/c1-37(14-9-17-40-15-6-4-5-7-16-40)29-27-30(35-20-34-29)41(21-11-12-24-25(18-21)39(3)31(42)38(24)2)28(36-27)22-19-33-23-10-8-13-32-26(22)23/h8,10-13,18-20,33H,4-7,9,14-17H2,1-3H3. The molecule has 11 nitrogen and oxygen atoms in total. The third-order valence-corrected chi connectivity index (χ3v) is 8.64. The van der Waals surface area contributed by atoms with Gasteiger partial charge >= 0.3 is 5.69 Å². The van der Waals surface area contributed by atoms with Crippen LogP contribution in [-0.4, -0.2) is 76.7 Å². The summed E-state index contributed by atoms with van der Waals surface area (Å²) in [6, 6.07) is 9.94. The molecule has 11 heteroatoms. The molecule has 0 radical (unpaired) electrons. The second-order valence-electron chi connectivity index (χ2n) is 11.3. The summed E-state index contributed by atoms with van der Waals surface area (Å²) in [7, 11) is 5.68. The largest absolute Gasteiger partial charge is 0.359 e. The van der Waals surface area contributed by atoms with Crippen LogP contribution in [0.15, 0.2) is 53.8 Å². The number of likely N-dealkylation sites (tertiary alicyclic amines) is 1. The van der Waals surface area contributed by atoms with Crippen LogP contribution in [0.25, 0.3) is 50.3 Å². The third kappa shape index (κ3) is 4.44. The number of imidazole rings is 2. The molecule has 1 aromatic carbocycles. The Kier molecular flexibility index (Phi) is 6.73. The van der Waals surface area contributed by atoms with E-state index < -0.39 is 0 Å². The molecule has 6 heterocycles. The zero-order valence-corrected chi connectivity index (χ0v) is 24.4. The number of nitrogens with one attached hydrogen (secondary N) is 1. The van der Waals surface area contributed by atoms with Crippen molar-refractivity contribution >= 4 is 39.0 Å². The fourth-order valence-corrected chi connectivity index (χ4v) is 6.34. The van der Waals surface area contributed by atoms with E-state index >= 15 is 0 Å². The van der Waals surface area contributed by atoms with Gasteiger partial charge in [-0.15, -0.1) is 0 Å². The first-order chi connectivity index (χ1) is 20.5. The van der Waals surface area contributed by atoms with E-state index in [1.807, 2.05) is 36.5 Å². The number of aromatic nitrogens is 8. The monoisotopic (exact) mass is 564 g/mol. The quantitative estimate of drug-likeness (QED) is 0.309. The van der Waals surface area contributed by atoms with Gasteiger partial charge in [0, 0.05) is 40.1 Å². The number of hydrogen-bond donors (Lipinski definition) is 1. The lowest BCUT2D eigenvalue weighted by Gasteiger charge is -2.23. The highest BCUT2D eigenvalue weighted by Crippen LogP contribution is 2.34. The van der Waals surface area contributed by atoms with Crippen molar-refractivity contribution in [2.24, 2.45) is 14.1 Å². The summed E-state index contributed by atoms with van der Waals surface area (Å²) in [5, 5.41) is 0. The van der Waals surface area contributed by atoms with Gasteiger partial charge in [0.25, 0.3) is 0 Å². The van der Waals surface area contributed by atoms with Gasteiger partial charge in [0.2, 0.25) is 0 Å². The van der Waals surface area contributed by atoms with Crippen molar-refractivity contribution in [3.8, 4) is 17.1 Å². The Balaban J connectivity index is 1.33. The Morgan fingerprint density at radius 2 is 1.76 bits per heavy atom. The van der Waals surface area contributed by atoms with Crippen LogP contribution >= 0.6 is 0 Å². The number of fused-ring (bicyclic) bond motifs is 3. The average molecular weight is 565 g/mol. The van der Waals surface area contributed by atoms with Gasteiger partial charge in [-0.2, -0.15) is 0 Å². The predicted octanol–water partition coefficient (Wildman–Crippen LogP) is 4.25. The van der Waals surface area contributed by atoms with Crippen molar-refractivity contribution in [2.45, 2.75) is 32.1 Å². The second kappa shape index (κ2) is 10.7. The maximum Gasteiger partial charge on any atom is 0.328 e. The topological polar surface area (TPSA) is 106 Å². The lowest BCUT2D eigenvalue weighted by Crippen LogP contribution is -2.29. The molecule has 1 aliphatic rings. The summed E-state index contributed by atoms with van der Waals surface area (Å²) in [5.41, 5.74) is 6.59. The molecule has 1 saturated heterocycles. The number of rotatable bonds is 7. The molecule has 0 spiro atoms. The molecule has 7 rings (SSSR count). The Labute approximate surface area is 243 Å². The number of anilines is 1. The van der Waals surface area contributed by atoms with Gasteiger partial charge in [0.05, 0.1) is 33.3 Å². The number of aromatic amines is 1. The lowest BCUT2D eigenvalue weighted by atomic mass is 10.2. The van der Waals surface area contributed by atoms with Crippen molar-refractivity contribution in [1.29, 1.82) is 0 Å². The van der Waals surface area contributed by atoms with Crippen molar-refractivity contribution < 1.29 is 0 Å². The molecule has 0 saturated carbocycles. The molecule has 5 aromatic heterocycles. The van der Waals surface area contributed by atoms with Crippen molar-refractivity contribution in [1.82, 2.24) is 43.5 Å². The Bertz CT molecular complexity index is 1950. The minimum atomic E-state index is -0.0647. The first kappa shape index (κ1) is 26.4. The Hall–Kier alpha value is -4.51. The first-order valence-corrected chi connectivity index (χ1v) is 14.8. The van der Waals surface area contributed by atoms with E-state index in [0.29, 0.717) is 5.65 Å². The van der Waals surface area contributed by atoms with E-state index in [0.717, 1.165) is 70.0 Å².